The van der Waals surface area contributed by atoms with Crippen molar-refractivity contribution in [1.82, 2.24) is 9.97 Å². The molecule has 0 bridgehead atoms. The van der Waals surface area contributed by atoms with Crippen molar-refractivity contribution in [2.24, 2.45) is 4.99 Å². The zero-order chi connectivity index (χ0) is 10.7. The second-order valence-corrected chi connectivity index (χ2v) is 3.36. The molecule has 1 aromatic rings. The number of anilines is 1. The molecule has 0 amide bonds. The minimum absolute atomic E-state index is 0.946. The Kier molecular flexibility index (Phi) is 2.76. The SMILES string of the molecule is C/C=C(\C=NC)c1ncnc2c1CCN2. The summed E-state index contributed by atoms with van der Waals surface area (Å²) in [5, 5.41) is 3.24. The molecule has 0 spiro atoms. The van der Waals surface area contributed by atoms with Crippen molar-refractivity contribution in [2.45, 2.75) is 13.3 Å². The molecular weight excluding hydrogens is 188 g/mol. The third-order valence-corrected chi connectivity index (χ3v) is 2.47. The van der Waals surface area contributed by atoms with E-state index in [1.807, 2.05) is 19.2 Å². The zero-order valence-electron chi connectivity index (χ0n) is 8.99. The van der Waals surface area contributed by atoms with Gasteiger partial charge in [0.05, 0.1) is 5.69 Å². The van der Waals surface area contributed by atoms with E-state index in [0.29, 0.717) is 0 Å². The first-order valence-electron chi connectivity index (χ1n) is 5.03. The maximum absolute atomic E-state index is 4.33. The first-order chi connectivity index (χ1) is 7.36. The number of aromatic nitrogens is 2. The third kappa shape index (κ3) is 1.75. The van der Waals surface area contributed by atoms with Gasteiger partial charge in [-0.15, -0.1) is 0 Å². The van der Waals surface area contributed by atoms with Gasteiger partial charge in [-0.3, -0.25) is 4.99 Å². The Morgan fingerprint density at radius 2 is 2.40 bits per heavy atom. The number of nitrogens with one attached hydrogen (secondary N) is 1. The third-order valence-electron chi connectivity index (χ3n) is 2.47. The fourth-order valence-electron chi connectivity index (χ4n) is 1.77. The van der Waals surface area contributed by atoms with E-state index in [4.69, 9.17) is 0 Å². The lowest BCUT2D eigenvalue weighted by Crippen LogP contribution is -1.98. The highest BCUT2D eigenvalue weighted by molar-refractivity contribution is 6.09. The summed E-state index contributed by atoms with van der Waals surface area (Å²) >= 11 is 0. The first kappa shape index (κ1) is 9.83. The highest BCUT2D eigenvalue weighted by Crippen LogP contribution is 2.25. The summed E-state index contributed by atoms with van der Waals surface area (Å²) in [6, 6.07) is 0. The average Bonchev–Trinajstić information content (AvgIpc) is 2.73. The fraction of sp³-hybridized carbons (Fsp3) is 0.364. The van der Waals surface area contributed by atoms with Crippen molar-refractivity contribution in [3.63, 3.8) is 0 Å². The smallest absolute Gasteiger partial charge is 0.133 e. The van der Waals surface area contributed by atoms with E-state index in [2.05, 4.69) is 20.3 Å². The number of allylic oxidation sites excluding steroid dienone is 2. The van der Waals surface area contributed by atoms with Crippen LogP contribution in [0.3, 0.4) is 0 Å². The number of nitrogens with zero attached hydrogens (tertiary/aromatic N) is 3. The van der Waals surface area contributed by atoms with Gasteiger partial charge in [-0.1, -0.05) is 6.08 Å². The lowest BCUT2D eigenvalue weighted by molar-refractivity contribution is 1.07. The van der Waals surface area contributed by atoms with E-state index in [1.54, 1.807) is 13.4 Å². The topological polar surface area (TPSA) is 50.2 Å². The molecule has 0 saturated heterocycles. The van der Waals surface area contributed by atoms with Crippen molar-refractivity contribution in [3.8, 4) is 0 Å². The normalized spacial score (nSPS) is 15.5. The van der Waals surface area contributed by atoms with Crippen LogP contribution >= 0.6 is 0 Å². The Morgan fingerprint density at radius 1 is 1.53 bits per heavy atom. The molecule has 0 aromatic carbocycles. The second kappa shape index (κ2) is 4.21. The molecule has 0 atom stereocenters. The Hall–Kier alpha value is -1.71. The molecule has 0 saturated carbocycles. The largest absolute Gasteiger partial charge is 0.369 e. The van der Waals surface area contributed by atoms with Crippen LogP contribution in [0.1, 0.15) is 18.2 Å². The summed E-state index contributed by atoms with van der Waals surface area (Å²) < 4.78 is 0. The maximum Gasteiger partial charge on any atom is 0.133 e. The fourth-order valence-corrected chi connectivity index (χ4v) is 1.77. The molecule has 1 N–H and O–H groups in total. The highest BCUT2D eigenvalue weighted by Gasteiger charge is 2.17. The van der Waals surface area contributed by atoms with Gasteiger partial charge in [0, 0.05) is 30.9 Å². The zero-order valence-corrected chi connectivity index (χ0v) is 8.99. The van der Waals surface area contributed by atoms with Gasteiger partial charge in [0.25, 0.3) is 0 Å². The van der Waals surface area contributed by atoms with Crippen LogP contribution in [0.25, 0.3) is 5.57 Å². The van der Waals surface area contributed by atoms with Gasteiger partial charge in [0.1, 0.15) is 12.1 Å². The molecule has 4 heteroatoms. The molecule has 78 valence electrons. The molecule has 15 heavy (non-hydrogen) atoms. The van der Waals surface area contributed by atoms with E-state index in [0.717, 1.165) is 30.1 Å². The number of fused-ring (bicyclic) bond motifs is 1. The van der Waals surface area contributed by atoms with Gasteiger partial charge in [-0.05, 0) is 13.3 Å². The molecule has 1 aliphatic heterocycles. The highest BCUT2D eigenvalue weighted by atomic mass is 15.0. The van der Waals surface area contributed by atoms with Crippen LogP contribution in [-0.2, 0) is 6.42 Å². The van der Waals surface area contributed by atoms with Crippen LogP contribution in [0.5, 0.6) is 0 Å². The quantitative estimate of drug-likeness (QED) is 0.740. The van der Waals surface area contributed by atoms with Crippen LogP contribution in [0.15, 0.2) is 17.4 Å². The molecule has 2 heterocycles. The van der Waals surface area contributed by atoms with E-state index in [-0.39, 0.29) is 0 Å². The molecule has 1 aromatic heterocycles. The predicted octanol–water partition coefficient (Wildman–Crippen LogP) is 1.55. The summed E-state index contributed by atoms with van der Waals surface area (Å²) in [5.74, 6) is 0.962. The predicted molar refractivity (Wildman–Crippen MR) is 62.3 cm³/mol. The van der Waals surface area contributed by atoms with E-state index < -0.39 is 0 Å². The van der Waals surface area contributed by atoms with Crippen molar-refractivity contribution < 1.29 is 0 Å². The Bertz CT molecular complexity index is 421. The van der Waals surface area contributed by atoms with Crippen LogP contribution in [0.2, 0.25) is 0 Å². The van der Waals surface area contributed by atoms with E-state index in [1.165, 1.54) is 5.56 Å². The summed E-state index contributed by atoms with van der Waals surface area (Å²) in [4.78, 5) is 12.6. The maximum atomic E-state index is 4.33. The monoisotopic (exact) mass is 202 g/mol. The number of rotatable bonds is 2. The van der Waals surface area contributed by atoms with E-state index in [9.17, 15) is 0 Å². The van der Waals surface area contributed by atoms with Crippen molar-refractivity contribution >= 4 is 17.6 Å². The molecule has 0 unspecified atom stereocenters. The van der Waals surface area contributed by atoms with E-state index >= 15 is 0 Å². The van der Waals surface area contributed by atoms with Gasteiger partial charge >= 0.3 is 0 Å². The average molecular weight is 202 g/mol. The lowest BCUT2D eigenvalue weighted by Gasteiger charge is -2.05. The molecule has 2 rings (SSSR count). The van der Waals surface area contributed by atoms with Crippen molar-refractivity contribution in [3.05, 3.63) is 23.7 Å². The minimum Gasteiger partial charge on any atom is -0.369 e. The number of aliphatic imine (C=N–C) groups is 1. The van der Waals surface area contributed by atoms with Crippen LogP contribution < -0.4 is 5.32 Å². The molecule has 0 radical (unpaired) electrons. The van der Waals surface area contributed by atoms with Gasteiger partial charge in [-0.2, -0.15) is 0 Å². The summed E-state index contributed by atoms with van der Waals surface area (Å²) in [5.41, 5.74) is 3.25. The lowest BCUT2D eigenvalue weighted by atomic mass is 10.1. The standard InChI is InChI=1S/C11H14N4/c1-3-8(6-12-2)10-9-4-5-13-11(9)15-7-14-10/h3,6-7H,4-5H2,1-2H3,(H,13,14,15)/b8-3+,12-6?. The molecule has 0 aliphatic carbocycles. The Balaban J connectivity index is 2.49. The van der Waals surface area contributed by atoms with Crippen LogP contribution in [0, 0.1) is 0 Å². The van der Waals surface area contributed by atoms with Gasteiger partial charge in [0.2, 0.25) is 0 Å². The van der Waals surface area contributed by atoms with Gasteiger partial charge < -0.3 is 5.32 Å². The number of hydrogen-bond acceptors (Lipinski definition) is 4. The minimum atomic E-state index is 0.946. The Labute approximate surface area is 89.2 Å². The molecular formula is C11H14N4. The molecule has 4 nitrogen and oxygen atoms in total. The summed E-state index contributed by atoms with van der Waals surface area (Å²) in [6.07, 6.45) is 6.44. The van der Waals surface area contributed by atoms with Crippen molar-refractivity contribution in [1.29, 1.82) is 0 Å². The van der Waals surface area contributed by atoms with Gasteiger partial charge in [0.15, 0.2) is 0 Å². The van der Waals surface area contributed by atoms with Crippen LogP contribution in [-0.4, -0.2) is 29.8 Å². The summed E-state index contributed by atoms with van der Waals surface area (Å²) in [7, 11) is 1.77. The second-order valence-electron chi connectivity index (χ2n) is 3.36. The molecule has 1 aliphatic rings. The first-order valence-corrected chi connectivity index (χ1v) is 5.03. The molecule has 0 fully saturated rings. The summed E-state index contributed by atoms with van der Waals surface area (Å²) in [6.45, 7) is 2.94. The van der Waals surface area contributed by atoms with Crippen molar-refractivity contribution in [2.75, 3.05) is 18.9 Å². The van der Waals surface area contributed by atoms with Crippen LogP contribution in [0.4, 0.5) is 5.82 Å². The number of hydrogen-bond donors (Lipinski definition) is 1. The Morgan fingerprint density at radius 3 is 3.13 bits per heavy atom. The van der Waals surface area contributed by atoms with Gasteiger partial charge in [-0.25, -0.2) is 9.97 Å².